The molecule has 0 aliphatic carbocycles. The smallest absolute Gasteiger partial charge is 0.318 e. The van der Waals surface area contributed by atoms with E-state index in [0.717, 1.165) is 23.6 Å². The van der Waals surface area contributed by atoms with Crippen LogP contribution in [0.4, 0.5) is 4.79 Å². The number of amides is 2. The number of nitrogens with zero attached hydrogens (tertiary/aromatic N) is 2. The Morgan fingerprint density at radius 1 is 1.19 bits per heavy atom. The lowest BCUT2D eigenvalue weighted by Crippen LogP contribution is -2.47. The van der Waals surface area contributed by atoms with Crippen molar-refractivity contribution in [3.05, 3.63) is 53.9 Å². The summed E-state index contributed by atoms with van der Waals surface area (Å²) in [6, 6.07) is 11.4. The highest BCUT2D eigenvalue weighted by molar-refractivity contribution is 5.76. The van der Waals surface area contributed by atoms with Crippen molar-refractivity contribution in [3.63, 3.8) is 0 Å². The molecule has 1 aliphatic rings. The van der Waals surface area contributed by atoms with Gasteiger partial charge in [0, 0.05) is 31.5 Å². The summed E-state index contributed by atoms with van der Waals surface area (Å²) < 4.78 is 12.3. The van der Waals surface area contributed by atoms with Gasteiger partial charge in [-0.2, -0.15) is 0 Å². The molecule has 3 rings (SSSR count). The number of nitrogens with one attached hydrogen (secondary N) is 1. The molecule has 1 aromatic carbocycles. The van der Waals surface area contributed by atoms with E-state index in [0.29, 0.717) is 13.2 Å². The number of hydrogen-bond donors (Lipinski definition) is 1. The third-order valence-electron chi connectivity index (χ3n) is 4.64. The molecule has 0 fully saturated rings. The number of urea groups is 1. The largest absolute Gasteiger partial charge is 0.497 e. The van der Waals surface area contributed by atoms with Crippen LogP contribution >= 0.6 is 0 Å². The van der Waals surface area contributed by atoms with Crippen molar-refractivity contribution in [2.45, 2.75) is 25.9 Å². The number of benzene rings is 1. The van der Waals surface area contributed by atoms with Crippen molar-refractivity contribution in [1.82, 2.24) is 14.8 Å². The van der Waals surface area contributed by atoms with E-state index in [1.807, 2.05) is 47.5 Å². The Kier molecular flexibility index (Phi) is 6.01. The van der Waals surface area contributed by atoms with Gasteiger partial charge in [0.2, 0.25) is 0 Å². The fourth-order valence-corrected chi connectivity index (χ4v) is 3.35. The molecule has 0 bridgehead atoms. The topological polar surface area (TPSA) is 72.8 Å². The number of rotatable bonds is 6. The van der Waals surface area contributed by atoms with Gasteiger partial charge < -0.3 is 24.3 Å². The van der Waals surface area contributed by atoms with E-state index in [4.69, 9.17) is 9.47 Å². The molecule has 7 nitrogen and oxygen atoms in total. The maximum Gasteiger partial charge on any atom is 0.318 e. The van der Waals surface area contributed by atoms with Crippen molar-refractivity contribution < 1.29 is 19.1 Å². The van der Waals surface area contributed by atoms with Crippen LogP contribution in [0.1, 0.15) is 30.6 Å². The van der Waals surface area contributed by atoms with Crippen molar-refractivity contribution in [3.8, 4) is 5.75 Å². The first-order valence-corrected chi connectivity index (χ1v) is 9.13. The first-order valence-electron chi connectivity index (χ1n) is 9.13. The molecule has 1 atom stereocenters. The van der Waals surface area contributed by atoms with Gasteiger partial charge in [-0.25, -0.2) is 4.79 Å². The highest BCUT2D eigenvalue weighted by atomic mass is 16.5. The van der Waals surface area contributed by atoms with Crippen LogP contribution in [0.3, 0.4) is 0 Å². The summed E-state index contributed by atoms with van der Waals surface area (Å²) in [6.07, 6.45) is 2.19. The van der Waals surface area contributed by atoms with Gasteiger partial charge in [-0.05, 0) is 36.8 Å². The third-order valence-corrected chi connectivity index (χ3v) is 4.64. The van der Waals surface area contributed by atoms with Gasteiger partial charge in [-0.1, -0.05) is 12.1 Å². The van der Waals surface area contributed by atoms with Gasteiger partial charge in [0.15, 0.2) is 0 Å². The van der Waals surface area contributed by atoms with Gasteiger partial charge in [-0.15, -0.1) is 0 Å². The number of carbonyl (C=O) groups is 2. The number of hydrogen-bond acceptors (Lipinski definition) is 4. The second-order valence-corrected chi connectivity index (χ2v) is 6.28. The molecule has 1 aliphatic heterocycles. The van der Waals surface area contributed by atoms with Crippen LogP contribution < -0.4 is 10.1 Å². The fourth-order valence-electron chi connectivity index (χ4n) is 3.35. The zero-order valence-corrected chi connectivity index (χ0v) is 15.7. The summed E-state index contributed by atoms with van der Waals surface area (Å²) in [5.41, 5.74) is 2.07. The Bertz CT molecular complexity index is 785. The Labute approximate surface area is 158 Å². The molecule has 7 heteroatoms. The average Bonchev–Trinajstić information content (AvgIpc) is 3.16. The zero-order valence-electron chi connectivity index (χ0n) is 15.7. The van der Waals surface area contributed by atoms with Crippen LogP contribution in [-0.2, 0) is 16.1 Å². The van der Waals surface area contributed by atoms with E-state index < -0.39 is 0 Å². The molecule has 144 valence electrons. The maximum absolute atomic E-state index is 12.8. The van der Waals surface area contributed by atoms with Crippen LogP contribution in [0.25, 0.3) is 0 Å². The molecule has 2 amide bonds. The van der Waals surface area contributed by atoms with Gasteiger partial charge >= 0.3 is 12.0 Å². The molecule has 1 aromatic heterocycles. The first-order chi connectivity index (χ1) is 13.1. The van der Waals surface area contributed by atoms with E-state index in [9.17, 15) is 9.59 Å². The minimum Gasteiger partial charge on any atom is -0.497 e. The Balaban J connectivity index is 1.76. The standard InChI is InChI=1S/C20H25N3O4/c1-3-27-18(24)10-11-21-20(25)23-14-13-22-12-4-5-17(22)19(23)15-6-8-16(26-2)9-7-15/h4-9,12,19H,3,10-11,13-14H2,1-2H3,(H,21,25)/t19-/m1/s1. The number of ether oxygens (including phenoxy) is 2. The Morgan fingerprint density at radius 2 is 1.96 bits per heavy atom. The first kappa shape index (κ1) is 18.8. The number of carbonyl (C=O) groups excluding carboxylic acids is 2. The number of esters is 1. The zero-order chi connectivity index (χ0) is 19.2. The summed E-state index contributed by atoms with van der Waals surface area (Å²) in [7, 11) is 1.63. The van der Waals surface area contributed by atoms with E-state index >= 15 is 0 Å². The average molecular weight is 371 g/mol. The Hall–Kier alpha value is -2.96. The second-order valence-electron chi connectivity index (χ2n) is 6.28. The highest BCUT2D eigenvalue weighted by Crippen LogP contribution is 2.33. The maximum atomic E-state index is 12.8. The predicted molar refractivity (Wildman–Crippen MR) is 101 cm³/mol. The summed E-state index contributed by atoms with van der Waals surface area (Å²) in [4.78, 5) is 26.1. The molecule has 27 heavy (non-hydrogen) atoms. The number of aromatic nitrogens is 1. The normalized spacial score (nSPS) is 15.8. The van der Waals surface area contributed by atoms with Crippen molar-refractivity contribution in [2.24, 2.45) is 0 Å². The quantitative estimate of drug-likeness (QED) is 0.792. The predicted octanol–water partition coefficient (Wildman–Crippen LogP) is 2.56. The number of methoxy groups -OCH3 is 1. The lowest BCUT2D eigenvalue weighted by Gasteiger charge is -2.37. The van der Waals surface area contributed by atoms with Crippen molar-refractivity contribution >= 4 is 12.0 Å². The summed E-state index contributed by atoms with van der Waals surface area (Å²) in [5.74, 6) is 0.465. The monoisotopic (exact) mass is 371 g/mol. The van der Waals surface area contributed by atoms with Gasteiger partial charge in [0.1, 0.15) is 5.75 Å². The van der Waals surface area contributed by atoms with Crippen LogP contribution in [0.2, 0.25) is 0 Å². The molecular weight excluding hydrogens is 346 g/mol. The minimum absolute atomic E-state index is 0.164. The molecule has 2 aromatic rings. The van der Waals surface area contributed by atoms with Crippen LogP contribution in [0.5, 0.6) is 5.75 Å². The Morgan fingerprint density at radius 3 is 2.67 bits per heavy atom. The molecule has 0 spiro atoms. The van der Waals surface area contributed by atoms with Crippen LogP contribution in [-0.4, -0.2) is 48.3 Å². The molecule has 0 unspecified atom stereocenters. The van der Waals surface area contributed by atoms with Crippen molar-refractivity contribution in [2.75, 3.05) is 26.8 Å². The highest BCUT2D eigenvalue weighted by Gasteiger charge is 2.32. The lowest BCUT2D eigenvalue weighted by molar-refractivity contribution is -0.142. The molecule has 0 saturated heterocycles. The fraction of sp³-hybridized carbons (Fsp3) is 0.400. The number of fused-ring (bicyclic) bond motifs is 1. The third kappa shape index (κ3) is 4.24. The SMILES string of the molecule is CCOC(=O)CCNC(=O)N1CCn2cccc2[C@H]1c1ccc(OC)cc1. The van der Waals surface area contributed by atoms with Crippen LogP contribution in [0.15, 0.2) is 42.6 Å². The molecule has 0 saturated carbocycles. The van der Waals surface area contributed by atoms with E-state index in [2.05, 4.69) is 9.88 Å². The van der Waals surface area contributed by atoms with Gasteiger partial charge in [-0.3, -0.25) is 4.79 Å². The van der Waals surface area contributed by atoms with Crippen molar-refractivity contribution in [1.29, 1.82) is 0 Å². The minimum atomic E-state index is -0.308. The lowest BCUT2D eigenvalue weighted by atomic mass is 10.00. The summed E-state index contributed by atoms with van der Waals surface area (Å²) >= 11 is 0. The summed E-state index contributed by atoms with van der Waals surface area (Å²) in [5, 5.41) is 2.84. The van der Waals surface area contributed by atoms with Gasteiger partial charge in [0.25, 0.3) is 0 Å². The van der Waals surface area contributed by atoms with E-state index in [-0.39, 0.29) is 31.0 Å². The second kappa shape index (κ2) is 8.62. The summed E-state index contributed by atoms with van der Waals surface area (Å²) in [6.45, 7) is 3.68. The molecule has 2 heterocycles. The van der Waals surface area contributed by atoms with E-state index in [1.165, 1.54) is 0 Å². The van der Waals surface area contributed by atoms with E-state index in [1.54, 1.807) is 14.0 Å². The molecule has 0 radical (unpaired) electrons. The molecule has 1 N–H and O–H groups in total. The van der Waals surface area contributed by atoms with Crippen LogP contribution in [0, 0.1) is 0 Å². The molecular formula is C20H25N3O4. The van der Waals surface area contributed by atoms with Gasteiger partial charge in [0.05, 0.1) is 26.2 Å².